The molecule has 0 aromatic rings. The molecule has 0 bridgehead atoms. The Hall–Kier alpha value is -1.15. The normalized spacial score (nSPS) is 19.9. The molecule has 0 spiro atoms. The van der Waals surface area contributed by atoms with Crippen LogP contribution in [0.1, 0.15) is 309 Å². The second-order valence-electron chi connectivity index (χ2n) is 22.5. The summed E-state index contributed by atoms with van der Waals surface area (Å²) in [5, 5.41) is 76.3. The molecule has 73 heavy (non-hydrogen) atoms. The molecule has 1 fully saturated rings. The predicted molar refractivity (Wildman–Crippen MR) is 303 cm³/mol. The van der Waals surface area contributed by atoms with Crippen molar-refractivity contribution in [3.05, 3.63) is 12.2 Å². The summed E-state index contributed by atoms with van der Waals surface area (Å²) in [7, 11) is 0. The van der Waals surface area contributed by atoms with Crippen molar-refractivity contribution in [1.82, 2.24) is 5.32 Å². The van der Waals surface area contributed by atoms with Crippen molar-refractivity contribution in [2.24, 2.45) is 0 Å². The largest absolute Gasteiger partial charge is 0.394 e. The van der Waals surface area contributed by atoms with Crippen LogP contribution in [0, 0.1) is 0 Å². The molecule has 1 saturated heterocycles. The zero-order chi connectivity index (χ0) is 53.3. The van der Waals surface area contributed by atoms with E-state index in [1.165, 1.54) is 231 Å². The number of nitrogens with one attached hydrogen (secondary N) is 1. The van der Waals surface area contributed by atoms with Crippen LogP contribution >= 0.6 is 0 Å². The first kappa shape index (κ1) is 69.9. The SMILES string of the molecule is CCCCCCCCCCCCCC/C=C\CCCCCCCCCCCCCCCC(O)C(=O)NC(COC1OC(CO)C(O)C(O)C1O)C(O)C(O)CCCCCCCCCCCCCCCCCCC. The Morgan fingerprint density at radius 1 is 0.466 bits per heavy atom. The first-order valence-corrected chi connectivity index (χ1v) is 31.6. The molecular formula is C62H121NO10. The van der Waals surface area contributed by atoms with Crippen molar-refractivity contribution >= 4 is 5.91 Å². The molecular weight excluding hydrogens is 919 g/mol. The van der Waals surface area contributed by atoms with Gasteiger partial charge in [0.1, 0.15) is 36.6 Å². The molecule has 0 aromatic heterocycles. The van der Waals surface area contributed by atoms with Crippen molar-refractivity contribution in [2.75, 3.05) is 13.2 Å². The number of rotatable bonds is 55. The van der Waals surface area contributed by atoms with E-state index in [-0.39, 0.29) is 6.42 Å². The molecule has 1 aliphatic rings. The van der Waals surface area contributed by atoms with Crippen molar-refractivity contribution in [3.8, 4) is 0 Å². The van der Waals surface area contributed by atoms with Gasteiger partial charge in [0.15, 0.2) is 6.29 Å². The first-order chi connectivity index (χ1) is 35.7. The van der Waals surface area contributed by atoms with Crippen LogP contribution in [-0.4, -0.2) is 110 Å². The molecule has 1 aliphatic heterocycles. The average Bonchev–Trinajstić information content (AvgIpc) is 3.39. The Morgan fingerprint density at radius 3 is 1.15 bits per heavy atom. The maximum atomic E-state index is 13.2. The molecule has 434 valence electrons. The maximum absolute atomic E-state index is 13.2. The third kappa shape index (κ3) is 39.8. The summed E-state index contributed by atoms with van der Waals surface area (Å²) in [6, 6.07) is -1.17. The highest BCUT2D eigenvalue weighted by atomic mass is 16.7. The third-order valence-electron chi connectivity index (χ3n) is 15.6. The minimum absolute atomic E-state index is 0.264. The number of allylic oxidation sites excluding steroid dienone is 2. The van der Waals surface area contributed by atoms with E-state index in [0.29, 0.717) is 19.3 Å². The van der Waals surface area contributed by atoms with E-state index in [1.54, 1.807) is 0 Å². The lowest BCUT2D eigenvalue weighted by molar-refractivity contribution is -0.303. The number of hydrogen-bond acceptors (Lipinski definition) is 10. The Morgan fingerprint density at radius 2 is 0.795 bits per heavy atom. The second-order valence-corrected chi connectivity index (χ2v) is 22.5. The van der Waals surface area contributed by atoms with E-state index >= 15 is 0 Å². The molecule has 1 amide bonds. The summed E-state index contributed by atoms with van der Waals surface area (Å²) >= 11 is 0. The quantitative estimate of drug-likeness (QED) is 0.0215. The number of aliphatic hydroxyl groups is 7. The smallest absolute Gasteiger partial charge is 0.249 e. The highest BCUT2D eigenvalue weighted by Crippen LogP contribution is 2.24. The summed E-state index contributed by atoms with van der Waals surface area (Å²) in [5.74, 6) is -0.691. The fourth-order valence-corrected chi connectivity index (χ4v) is 10.4. The van der Waals surface area contributed by atoms with Crippen molar-refractivity contribution in [1.29, 1.82) is 0 Å². The summed E-state index contributed by atoms with van der Waals surface area (Å²) in [4.78, 5) is 13.2. The van der Waals surface area contributed by atoms with Crippen LogP contribution in [0.3, 0.4) is 0 Å². The molecule has 0 aromatic carbocycles. The molecule has 0 aliphatic carbocycles. The molecule has 11 heteroatoms. The lowest BCUT2D eigenvalue weighted by Gasteiger charge is -2.40. The van der Waals surface area contributed by atoms with Gasteiger partial charge in [-0.3, -0.25) is 4.79 Å². The molecule has 9 atom stereocenters. The fraction of sp³-hybridized carbons (Fsp3) is 0.952. The highest BCUT2D eigenvalue weighted by molar-refractivity contribution is 5.80. The lowest BCUT2D eigenvalue weighted by atomic mass is 9.98. The van der Waals surface area contributed by atoms with Gasteiger partial charge in [-0.15, -0.1) is 0 Å². The van der Waals surface area contributed by atoms with Gasteiger partial charge < -0.3 is 50.5 Å². The van der Waals surface area contributed by atoms with E-state index in [9.17, 15) is 40.5 Å². The van der Waals surface area contributed by atoms with Crippen LogP contribution in [0.2, 0.25) is 0 Å². The number of carbonyl (C=O) groups is 1. The van der Waals surface area contributed by atoms with Crippen molar-refractivity contribution in [2.45, 2.75) is 364 Å². The molecule has 1 heterocycles. The Bertz CT molecular complexity index is 1190. The van der Waals surface area contributed by atoms with Gasteiger partial charge in [-0.25, -0.2) is 0 Å². The monoisotopic (exact) mass is 1040 g/mol. The van der Waals surface area contributed by atoms with Crippen LogP contribution in [0.25, 0.3) is 0 Å². The Kier molecular flexibility index (Phi) is 49.4. The molecule has 8 N–H and O–H groups in total. The minimum Gasteiger partial charge on any atom is -0.394 e. The summed E-state index contributed by atoms with van der Waals surface area (Å²) in [6.45, 7) is 3.50. The van der Waals surface area contributed by atoms with Crippen LogP contribution in [-0.2, 0) is 14.3 Å². The average molecular weight is 1040 g/mol. The van der Waals surface area contributed by atoms with Gasteiger partial charge in [-0.2, -0.15) is 0 Å². The Balaban J connectivity index is 2.22. The fourth-order valence-electron chi connectivity index (χ4n) is 10.4. The van der Waals surface area contributed by atoms with Gasteiger partial charge in [-0.1, -0.05) is 283 Å². The highest BCUT2D eigenvalue weighted by Gasteiger charge is 2.44. The predicted octanol–water partition coefficient (Wildman–Crippen LogP) is 13.9. The van der Waals surface area contributed by atoms with Crippen LogP contribution in [0.15, 0.2) is 12.2 Å². The number of amides is 1. The number of carbonyl (C=O) groups excluding carboxylic acids is 1. The minimum atomic E-state index is -1.66. The summed E-state index contributed by atoms with van der Waals surface area (Å²) < 4.78 is 11.2. The number of hydrogen-bond donors (Lipinski definition) is 8. The first-order valence-electron chi connectivity index (χ1n) is 31.6. The zero-order valence-electron chi connectivity index (χ0n) is 47.6. The third-order valence-corrected chi connectivity index (χ3v) is 15.6. The van der Waals surface area contributed by atoms with E-state index < -0.39 is 74.2 Å². The Labute approximate surface area is 449 Å². The number of ether oxygens (including phenoxy) is 2. The van der Waals surface area contributed by atoms with Gasteiger partial charge >= 0.3 is 0 Å². The van der Waals surface area contributed by atoms with Gasteiger partial charge in [-0.05, 0) is 38.5 Å². The number of unbranched alkanes of at least 4 members (excludes halogenated alkanes) is 41. The van der Waals surface area contributed by atoms with Crippen LogP contribution in [0.4, 0.5) is 0 Å². The molecule has 9 unspecified atom stereocenters. The van der Waals surface area contributed by atoms with Gasteiger partial charge in [0.05, 0.1) is 25.4 Å². The summed E-state index contributed by atoms with van der Waals surface area (Å²) in [6.07, 6.45) is 49.9. The topological polar surface area (TPSA) is 189 Å². The standard InChI is InChI=1S/C62H121NO10/c1-3-5-7-9-11-13-15-17-19-21-22-23-24-25-26-27-28-29-30-31-32-34-36-38-40-42-44-46-48-50-55(66)61(71)63-53(52-72-62-60(70)59(69)58(68)56(51-64)73-62)57(67)54(65)49-47-45-43-41-39-37-35-33-20-18-16-14-12-10-8-6-4-2/h25-26,53-60,62,64-70H,3-24,27-52H2,1-2H3,(H,63,71)/b26-25-. The van der Waals surface area contributed by atoms with Gasteiger partial charge in [0.2, 0.25) is 5.91 Å². The van der Waals surface area contributed by atoms with Gasteiger partial charge in [0, 0.05) is 0 Å². The molecule has 0 saturated carbocycles. The van der Waals surface area contributed by atoms with Crippen LogP contribution in [0.5, 0.6) is 0 Å². The maximum Gasteiger partial charge on any atom is 0.249 e. The second kappa shape index (κ2) is 51.6. The molecule has 11 nitrogen and oxygen atoms in total. The van der Waals surface area contributed by atoms with Crippen molar-refractivity contribution < 1.29 is 50.0 Å². The molecule has 0 radical (unpaired) electrons. The van der Waals surface area contributed by atoms with E-state index in [4.69, 9.17) is 9.47 Å². The summed E-state index contributed by atoms with van der Waals surface area (Å²) in [5.41, 5.74) is 0. The van der Waals surface area contributed by atoms with Crippen LogP contribution < -0.4 is 5.32 Å². The van der Waals surface area contributed by atoms with E-state index in [0.717, 1.165) is 38.5 Å². The molecule has 1 rings (SSSR count). The van der Waals surface area contributed by atoms with Crippen molar-refractivity contribution in [3.63, 3.8) is 0 Å². The zero-order valence-corrected chi connectivity index (χ0v) is 47.6. The van der Waals surface area contributed by atoms with Gasteiger partial charge in [0.25, 0.3) is 0 Å². The lowest BCUT2D eigenvalue weighted by Crippen LogP contribution is -2.60. The van der Waals surface area contributed by atoms with E-state index in [2.05, 4.69) is 31.3 Å². The van der Waals surface area contributed by atoms with E-state index in [1.807, 2.05) is 0 Å². The number of aliphatic hydroxyl groups excluding tert-OH is 7.